The van der Waals surface area contributed by atoms with E-state index < -0.39 is 0 Å². The predicted molar refractivity (Wildman–Crippen MR) is 90.1 cm³/mol. The fraction of sp³-hybridized carbons (Fsp3) is 0.625. The Morgan fingerprint density at radius 3 is 2.17 bits per heavy atom. The number of hydrogen-bond donors (Lipinski definition) is 1. The van der Waals surface area contributed by atoms with Gasteiger partial charge in [-0.05, 0) is 62.9 Å². The fourth-order valence-electron chi connectivity index (χ4n) is 1.73. The van der Waals surface area contributed by atoms with Crippen LogP contribution in [0, 0.1) is 0 Å². The normalized spacial score (nSPS) is 13.6. The summed E-state index contributed by atoms with van der Waals surface area (Å²) in [5, 5.41) is 8.69. The van der Waals surface area contributed by atoms with E-state index in [-0.39, 0.29) is 0 Å². The molecule has 0 aliphatic carbocycles. The largest absolute Gasteiger partial charge is 0.396 e. The van der Waals surface area contributed by atoms with Gasteiger partial charge in [-0.1, -0.05) is 52.0 Å². The van der Waals surface area contributed by atoms with Crippen LogP contribution in [0.5, 0.6) is 0 Å². The summed E-state index contributed by atoms with van der Waals surface area (Å²) < 4.78 is 2.09. The Morgan fingerprint density at radius 2 is 1.56 bits per heavy atom. The topological polar surface area (TPSA) is 20.2 Å². The maximum absolute atomic E-state index is 8.69. The number of halogens is 1. The maximum Gasteiger partial charge on any atom is 0.0431 e. The van der Waals surface area contributed by atoms with Gasteiger partial charge < -0.3 is 5.11 Å². The molecule has 0 aromatic carbocycles. The van der Waals surface area contributed by atoms with Crippen LogP contribution in [0.25, 0.3) is 0 Å². The summed E-state index contributed by atoms with van der Waals surface area (Å²) in [5.74, 6) is 0. The summed E-state index contributed by atoms with van der Waals surface area (Å²) in [6, 6.07) is 0. The Bertz CT molecular complexity index is 277. The van der Waals surface area contributed by atoms with Crippen molar-refractivity contribution in [1.82, 2.24) is 0 Å². The van der Waals surface area contributed by atoms with Crippen molar-refractivity contribution in [3.63, 3.8) is 0 Å². The number of aliphatic hydroxyl groups is 1. The van der Waals surface area contributed by atoms with Crippen LogP contribution in [0.4, 0.5) is 0 Å². The van der Waals surface area contributed by atoms with Gasteiger partial charge in [0.05, 0.1) is 0 Å². The van der Waals surface area contributed by atoms with Crippen LogP contribution in [0.3, 0.4) is 0 Å². The molecule has 0 saturated carbocycles. The lowest BCUT2D eigenvalue weighted by atomic mass is 10.1. The summed E-state index contributed by atoms with van der Waals surface area (Å²) in [7, 11) is 0. The SMILES string of the molecule is C/C(=C\CC/C(C)=C/CCCCO)CC/C=C\I. The molecule has 0 bridgehead atoms. The zero-order valence-electron chi connectivity index (χ0n) is 11.8. The average Bonchev–Trinajstić information content (AvgIpc) is 2.35. The second-order valence-corrected chi connectivity index (χ2v) is 5.48. The van der Waals surface area contributed by atoms with E-state index >= 15 is 0 Å². The van der Waals surface area contributed by atoms with Gasteiger partial charge in [0.2, 0.25) is 0 Å². The van der Waals surface area contributed by atoms with Crippen molar-refractivity contribution in [1.29, 1.82) is 0 Å². The second kappa shape index (κ2) is 13.3. The number of unbranched alkanes of at least 4 members (excludes halogenated alkanes) is 2. The highest BCUT2D eigenvalue weighted by Gasteiger charge is 1.92. The smallest absolute Gasteiger partial charge is 0.0431 e. The number of allylic oxidation sites excluding steroid dienone is 5. The van der Waals surface area contributed by atoms with Gasteiger partial charge >= 0.3 is 0 Å². The van der Waals surface area contributed by atoms with E-state index in [4.69, 9.17) is 5.11 Å². The molecule has 0 aliphatic rings. The lowest BCUT2D eigenvalue weighted by Gasteiger charge is -2.01. The quantitative estimate of drug-likeness (QED) is 0.307. The van der Waals surface area contributed by atoms with Crippen LogP contribution in [0.1, 0.15) is 58.8 Å². The monoisotopic (exact) mass is 362 g/mol. The van der Waals surface area contributed by atoms with Gasteiger partial charge in [0.15, 0.2) is 0 Å². The molecule has 0 rings (SSSR count). The number of rotatable bonds is 10. The first-order chi connectivity index (χ1) is 8.70. The third-order valence-corrected chi connectivity index (χ3v) is 3.44. The Hall–Kier alpha value is -0.0900. The highest BCUT2D eigenvalue weighted by atomic mass is 127. The minimum atomic E-state index is 0.320. The molecule has 1 N–H and O–H groups in total. The molecule has 2 heteroatoms. The van der Waals surface area contributed by atoms with Crippen molar-refractivity contribution in [2.24, 2.45) is 0 Å². The van der Waals surface area contributed by atoms with Crippen molar-refractivity contribution in [2.45, 2.75) is 58.8 Å². The summed E-state index contributed by atoms with van der Waals surface area (Å²) in [6.45, 7) is 4.75. The lowest BCUT2D eigenvalue weighted by molar-refractivity contribution is 0.285. The Labute approximate surface area is 126 Å². The first-order valence-electron chi connectivity index (χ1n) is 6.88. The molecule has 0 aromatic heterocycles. The number of hydrogen-bond acceptors (Lipinski definition) is 1. The Balaban J connectivity index is 3.70. The Morgan fingerprint density at radius 1 is 0.944 bits per heavy atom. The van der Waals surface area contributed by atoms with Crippen LogP contribution in [-0.4, -0.2) is 11.7 Å². The van der Waals surface area contributed by atoms with Gasteiger partial charge in [-0.3, -0.25) is 0 Å². The summed E-state index contributed by atoms with van der Waals surface area (Å²) >= 11 is 2.27. The molecular weight excluding hydrogens is 335 g/mol. The molecule has 0 spiro atoms. The molecule has 0 amide bonds. The second-order valence-electron chi connectivity index (χ2n) is 4.76. The lowest BCUT2D eigenvalue weighted by Crippen LogP contribution is -1.83. The average molecular weight is 362 g/mol. The zero-order valence-corrected chi connectivity index (χ0v) is 13.9. The first kappa shape index (κ1) is 17.9. The third-order valence-electron chi connectivity index (χ3n) is 2.93. The minimum absolute atomic E-state index is 0.320. The van der Waals surface area contributed by atoms with Crippen molar-refractivity contribution in [3.8, 4) is 0 Å². The van der Waals surface area contributed by atoms with Crippen LogP contribution in [-0.2, 0) is 0 Å². The van der Waals surface area contributed by atoms with Crippen molar-refractivity contribution in [3.05, 3.63) is 33.5 Å². The molecule has 0 saturated heterocycles. The van der Waals surface area contributed by atoms with E-state index in [1.807, 2.05) is 0 Å². The molecular formula is C16H27IO. The Kier molecular flexibility index (Phi) is 13.3. The highest BCUT2D eigenvalue weighted by Crippen LogP contribution is 2.12. The molecule has 1 nitrogen and oxygen atoms in total. The summed E-state index contributed by atoms with van der Waals surface area (Å²) in [5.41, 5.74) is 2.97. The molecule has 0 atom stereocenters. The summed E-state index contributed by atoms with van der Waals surface area (Å²) in [4.78, 5) is 0. The van der Waals surface area contributed by atoms with E-state index in [2.05, 4.69) is 58.7 Å². The van der Waals surface area contributed by atoms with Gasteiger partial charge in [-0.25, -0.2) is 0 Å². The molecule has 0 fully saturated rings. The van der Waals surface area contributed by atoms with Gasteiger partial charge in [0, 0.05) is 6.61 Å². The molecule has 0 radical (unpaired) electrons. The third kappa shape index (κ3) is 12.4. The van der Waals surface area contributed by atoms with Gasteiger partial charge in [0.1, 0.15) is 0 Å². The molecule has 0 aliphatic heterocycles. The molecule has 0 unspecified atom stereocenters. The fourth-order valence-corrected chi connectivity index (χ4v) is 2.09. The standard InChI is InChI=1S/C16H27IO/c1-15(9-4-3-7-14-18)11-8-12-16(2)10-5-6-13-17/h6,9,12-13,18H,3-5,7-8,10-11,14H2,1-2H3/b13-6-,15-9+,16-12+. The van der Waals surface area contributed by atoms with Crippen molar-refractivity contribution >= 4 is 22.6 Å². The van der Waals surface area contributed by atoms with E-state index in [1.54, 1.807) is 0 Å². The van der Waals surface area contributed by atoms with E-state index in [9.17, 15) is 0 Å². The van der Waals surface area contributed by atoms with Crippen molar-refractivity contribution < 1.29 is 5.11 Å². The van der Waals surface area contributed by atoms with Crippen LogP contribution < -0.4 is 0 Å². The number of aliphatic hydroxyl groups excluding tert-OH is 1. The van der Waals surface area contributed by atoms with Crippen LogP contribution in [0.2, 0.25) is 0 Å². The molecule has 0 heterocycles. The summed E-state index contributed by atoms with van der Waals surface area (Å²) in [6.07, 6.45) is 14.7. The molecule has 104 valence electrons. The van der Waals surface area contributed by atoms with E-state index in [0.29, 0.717) is 6.61 Å². The van der Waals surface area contributed by atoms with Gasteiger partial charge in [0.25, 0.3) is 0 Å². The predicted octanol–water partition coefficient (Wildman–Crippen LogP) is 5.55. The highest BCUT2D eigenvalue weighted by molar-refractivity contribution is 14.1. The minimum Gasteiger partial charge on any atom is -0.396 e. The molecule has 18 heavy (non-hydrogen) atoms. The van der Waals surface area contributed by atoms with Crippen LogP contribution in [0.15, 0.2) is 33.5 Å². The van der Waals surface area contributed by atoms with Gasteiger partial charge in [-0.2, -0.15) is 0 Å². The first-order valence-corrected chi connectivity index (χ1v) is 8.12. The molecule has 0 aromatic rings. The maximum atomic E-state index is 8.69. The van der Waals surface area contributed by atoms with E-state index in [0.717, 1.165) is 32.1 Å². The van der Waals surface area contributed by atoms with Gasteiger partial charge in [-0.15, -0.1) is 0 Å². The van der Waals surface area contributed by atoms with E-state index in [1.165, 1.54) is 24.0 Å². The van der Waals surface area contributed by atoms with Crippen molar-refractivity contribution in [2.75, 3.05) is 6.61 Å². The van der Waals surface area contributed by atoms with Crippen LogP contribution >= 0.6 is 22.6 Å². The zero-order chi connectivity index (χ0) is 13.6.